The van der Waals surface area contributed by atoms with Crippen molar-refractivity contribution in [2.45, 2.75) is 26.5 Å². The Bertz CT molecular complexity index is 626. The van der Waals surface area contributed by atoms with E-state index in [0.29, 0.717) is 19.0 Å². The highest BCUT2D eigenvalue weighted by Crippen LogP contribution is 2.12. The summed E-state index contributed by atoms with van der Waals surface area (Å²) >= 11 is 0. The van der Waals surface area contributed by atoms with Crippen LogP contribution in [0, 0.1) is 6.92 Å². The minimum Gasteiger partial charge on any atom is -0.491 e. The molecule has 1 atom stereocenters. The second-order valence-electron chi connectivity index (χ2n) is 5.44. The second-order valence-corrected chi connectivity index (χ2v) is 5.44. The molecular formula is C18H25N3O3. The lowest BCUT2D eigenvalue weighted by molar-refractivity contribution is 0.110. The van der Waals surface area contributed by atoms with Crippen LogP contribution < -0.4 is 15.4 Å². The average molecular weight is 331 g/mol. The van der Waals surface area contributed by atoms with Crippen molar-refractivity contribution in [1.82, 2.24) is 10.6 Å². The van der Waals surface area contributed by atoms with Crippen LogP contribution in [-0.2, 0) is 6.54 Å². The molecule has 0 fully saturated rings. The Labute approximate surface area is 142 Å². The Morgan fingerprint density at radius 3 is 2.88 bits per heavy atom. The molecule has 6 nitrogen and oxygen atoms in total. The number of rotatable bonds is 8. The Hall–Kier alpha value is -2.47. The number of guanidine groups is 1. The van der Waals surface area contributed by atoms with Crippen molar-refractivity contribution in [2.24, 2.45) is 4.99 Å². The Kier molecular flexibility index (Phi) is 7.17. The molecule has 2 rings (SSSR count). The van der Waals surface area contributed by atoms with Gasteiger partial charge < -0.3 is 24.9 Å². The number of aliphatic imine (C=N–C) groups is 1. The molecule has 6 heteroatoms. The maximum Gasteiger partial charge on any atom is 0.191 e. The summed E-state index contributed by atoms with van der Waals surface area (Å²) in [6.45, 7) is 5.73. The van der Waals surface area contributed by atoms with Gasteiger partial charge in [-0.2, -0.15) is 0 Å². The quantitative estimate of drug-likeness (QED) is 0.510. The predicted octanol–water partition coefficient (Wildman–Crippen LogP) is 2.08. The van der Waals surface area contributed by atoms with Crippen LogP contribution in [0.4, 0.5) is 0 Å². The Morgan fingerprint density at radius 2 is 2.17 bits per heavy atom. The number of nitrogens with one attached hydrogen (secondary N) is 2. The molecule has 1 aromatic heterocycles. The van der Waals surface area contributed by atoms with Gasteiger partial charge in [-0.3, -0.25) is 0 Å². The zero-order chi connectivity index (χ0) is 17.2. The van der Waals surface area contributed by atoms with Crippen LogP contribution in [0.5, 0.6) is 5.75 Å². The van der Waals surface area contributed by atoms with Crippen molar-refractivity contribution in [3.05, 3.63) is 54.0 Å². The monoisotopic (exact) mass is 331 g/mol. The third-order valence-corrected chi connectivity index (χ3v) is 3.25. The number of furan rings is 1. The summed E-state index contributed by atoms with van der Waals surface area (Å²) in [5.41, 5.74) is 1.12. The Morgan fingerprint density at radius 1 is 1.29 bits per heavy atom. The molecule has 0 saturated heterocycles. The first kappa shape index (κ1) is 17.9. The van der Waals surface area contributed by atoms with Crippen molar-refractivity contribution < 1.29 is 14.3 Å². The first-order valence-corrected chi connectivity index (χ1v) is 8.09. The zero-order valence-electron chi connectivity index (χ0n) is 14.2. The minimum absolute atomic E-state index is 0.216. The maximum absolute atomic E-state index is 10.1. The van der Waals surface area contributed by atoms with E-state index in [1.807, 2.05) is 50.2 Å². The standard InChI is InChI=1S/C18H25N3O3/c1-3-19-18(21-12-17-8-5-9-23-17)20-11-15(22)13-24-16-7-4-6-14(2)10-16/h4-10,15,22H,3,11-13H2,1-2H3,(H2,19,20,21). The normalized spacial score (nSPS) is 12.7. The molecule has 0 aliphatic rings. The molecule has 3 N–H and O–H groups in total. The van der Waals surface area contributed by atoms with Gasteiger partial charge in [0.25, 0.3) is 0 Å². The van der Waals surface area contributed by atoms with E-state index in [2.05, 4.69) is 15.6 Å². The number of ether oxygens (including phenoxy) is 1. The van der Waals surface area contributed by atoms with E-state index in [0.717, 1.165) is 23.6 Å². The fourth-order valence-electron chi connectivity index (χ4n) is 2.07. The van der Waals surface area contributed by atoms with Gasteiger partial charge in [0.2, 0.25) is 0 Å². The lowest BCUT2D eigenvalue weighted by atomic mass is 10.2. The molecule has 0 amide bonds. The summed E-state index contributed by atoms with van der Waals surface area (Å²) < 4.78 is 10.8. The molecule has 0 radical (unpaired) electrons. The highest BCUT2D eigenvalue weighted by Gasteiger charge is 2.07. The van der Waals surface area contributed by atoms with Crippen molar-refractivity contribution >= 4 is 5.96 Å². The molecule has 2 aromatic rings. The van der Waals surface area contributed by atoms with Crippen LogP contribution >= 0.6 is 0 Å². The molecule has 130 valence electrons. The van der Waals surface area contributed by atoms with Crippen LogP contribution in [0.15, 0.2) is 52.1 Å². The average Bonchev–Trinajstić information content (AvgIpc) is 3.09. The van der Waals surface area contributed by atoms with E-state index in [-0.39, 0.29) is 6.61 Å². The second kappa shape index (κ2) is 9.62. The summed E-state index contributed by atoms with van der Waals surface area (Å²) in [4.78, 5) is 4.41. The fourth-order valence-corrected chi connectivity index (χ4v) is 2.07. The van der Waals surface area contributed by atoms with Gasteiger partial charge in [0, 0.05) is 13.1 Å². The molecule has 1 aromatic carbocycles. The van der Waals surface area contributed by atoms with Gasteiger partial charge >= 0.3 is 0 Å². The molecule has 0 aliphatic heterocycles. The first-order chi connectivity index (χ1) is 11.7. The van der Waals surface area contributed by atoms with E-state index in [9.17, 15) is 5.11 Å². The van der Waals surface area contributed by atoms with E-state index in [1.165, 1.54) is 0 Å². The largest absolute Gasteiger partial charge is 0.491 e. The van der Waals surface area contributed by atoms with E-state index < -0.39 is 6.10 Å². The number of aryl methyl sites for hydroxylation is 1. The van der Waals surface area contributed by atoms with Crippen molar-refractivity contribution in [1.29, 1.82) is 0 Å². The summed E-state index contributed by atoms with van der Waals surface area (Å²) in [5.74, 6) is 2.17. The molecule has 0 aliphatic carbocycles. The molecule has 0 saturated carbocycles. The van der Waals surface area contributed by atoms with Crippen molar-refractivity contribution in [3.8, 4) is 5.75 Å². The highest BCUT2D eigenvalue weighted by molar-refractivity contribution is 5.79. The minimum atomic E-state index is -0.641. The molecular weight excluding hydrogens is 306 g/mol. The van der Waals surface area contributed by atoms with Gasteiger partial charge in [-0.05, 0) is 43.7 Å². The lowest BCUT2D eigenvalue weighted by Crippen LogP contribution is -2.42. The SMILES string of the molecule is CCNC(=NCc1ccco1)NCC(O)COc1cccc(C)c1. The van der Waals surface area contributed by atoms with Crippen molar-refractivity contribution in [2.75, 3.05) is 19.7 Å². The zero-order valence-corrected chi connectivity index (χ0v) is 14.2. The van der Waals surface area contributed by atoms with Gasteiger partial charge in [0.1, 0.15) is 30.8 Å². The number of hydrogen-bond acceptors (Lipinski definition) is 4. The third kappa shape index (κ3) is 6.34. The molecule has 1 heterocycles. The van der Waals surface area contributed by atoms with E-state index in [4.69, 9.17) is 9.15 Å². The fraction of sp³-hybridized carbons (Fsp3) is 0.389. The first-order valence-electron chi connectivity index (χ1n) is 8.09. The molecule has 0 spiro atoms. The van der Waals surface area contributed by atoms with Crippen LogP contribution in [0.1, 0.15) is 18.2 Å². The summed E-state index contributed by atoms with van der Waals surface area (Å²) in [5, 5.41) is 16.3. The van der Waals surface area contributed by atoms with Gasteiger partial charge in [-0.25, -0.2) is 4.99 Å². The van der Waals surface area contributed by atoms with Gasteiger partial charge in [-0.15, -0.1) is 0 Å². The van der Waals surface area contributed by atoms with E-state index in [1.54, 1.807) is 6.26 Å². The number of aliphatic hydroxyl groups is 1. The highest BCUT2D eigenvalue weighted by atomic mass is 16.5. The Balaban J connectivity index is 1.76. The van der Waals surface area contributed by atoms with Crippen LogP contribution in [0.3, 0.4) is 0 Å². The van der Waals surface area contributed by atoms with Gasteiger partial charge in [0.05, 0.1) is 6.26 Å². The summed E-state index contributed by atoms with van der Waals surface area (Å²) in [6.07, 6.45) is 0.982. The predicted molar refractivity (Wildman–Crippen MR) is 94.2 cm³/mol. The van der Waals surface area contributed by atoms with Crippen LogP contribution in [-0.4, -0.2) is 36.9 Å². The number of hydrogen-bond donors (Lipinski definition) is 3. The van der Waals surface area contributed by atoms with Crippen LogP contribution in [0.2, 0.25) is 0 Å². The number of benzene rings is 1. The molecule has 0 bridgehead atoms. The smallest absolute Gasteiger partial charge is 0.191 e. The lowest BCUT2D eigenvalue weighted by Gasteiger charge is -2.16. The van der Waals surface area contributed by atoms with Gasteiger partial charge in [-0.1, -0.05) is 12.1 Å². The number of nitrogens with zero attached hydrogens (tertiary/aromatic N) is 1. The summed E-state index contributed by atoms with van der Waals surface area (Å²) in [7, 11) is 0. The topological polar surface area (TPSA) is 79.0 Å². The molecule has 1 unspecified atom stereocenters. The number of aliphatic hydroxyl groups excluding tert-OH is 1. The summed E-state index contributed by atoms with van der Waals surface area (Å²) in [6, 6.07) is 11.5. The van der Waals surface area contributed by atoms with Gasteiger partial charge in [0.15, 0.2) is 5.96 Å². The van der Waals surface area contributed by atoms with Crippen molar-refractivity contribution in [3.63, 3.8) is 0 Å². The van der Waals surface area contributed by atoms with E-state index >= 15 is 0 Å². The third-order valence-electron chi connectivity index (χ3n) is 3.25. The maximum atomic E-state index is 10.1. The molecule has 24 heavy (non-hydrogen) atoms. The van der Waals surface area contributed by atoms with Crippen LogP contribution in [0.25, 0.3) is 0 Å².